The van der Waals surface area contributed by atoms with E-state index in [1.807, 2.05) is 25.0 Å². The monoisotopic (exact) mass is 518 g/mol. The molecule has 1 aromatic rings. The SMILES string of the molecule is CCN1CCN(c2ccc(CNC(=NC)N3CCSC(C)(C)C3)cn2)CC1.I. The van der Waals surface area contributed by atoms with E-state index in [2.05, 4.69) is 57.9 Å². The lowest BCUT2D eigenvalue weighted by Crippen LogP contribution is -2.50. The molecule has 28 heavy (non-hydrogen) atoms. The Morgan fingerprint density at radius 2 is 1.96 bits per heavy atom. The standard InChI is InChI=1S/C20H34N6S.HI/c1-5-24-8-10-25(11-9-24)18-7-6-17(14-22-18)15-23-19(21-4)26-12-13-27-20(2,3)16-26;/h6-7,14H,5,8-13,15-16H2,1-4H3,(H,21,23);1H. The molecule has 0 saturated carbocycles. The van der Waals surface area contributed by atoms with Crippen molar-refractivity contribution in [1.82, 2.24) is 20.1 Å². The second-order valence-electron chi connectivity index (χ2n) is 7.88. The fraction of sp³-hybridized carbons (Fsp3) is 0.700. The number of piperazine rings is 1. The molecule has 2 fully saturated rings. The molecule has 2 saturated heterocycles. The minimum absolute atomic E-state index is 0. The lowest BCUT2D eigenvalue weighted by molar-refractivity contribution is 0.270. The summed E-state index contributed by atoms with van der Waals surface area (Å²) in [4.78, 5) is 16.4. The first-order chi connectivity index (χ1) is 13.0. The van der Waals surface area contributed by atoms with E-state index in [9.17, 15) is 0 Å². The van der Waals surface area contributed by atoms with Gasteiger partial charge in [-0.15, -0.1) is 24.0 Å². The molecule has 158 valence electrons. The second-order valence-corrected chi connectivity index (χ2v) is 9.68. The molecule has 3 rings (SSSR count). The number of anilines is 1. The Bertz CT molecular complexity index is 628. The number of halogens is 1. The van der Waals surface area contributed by atoms with Crippen molar-refractivity contribution in [1.29, 1.82) is 0 Å². The summed E-state index contributed by atoms with van der Waals surface area (Å²) in [6.45, 7) is 15.2. The number of thioether (sulfide) groups is 1. The van der Waals surface area contributed by atoms with Crippen LogP contribution in [0.1, 0.15) is 26.3 Å². The van der Waals surface area contributed by atoms with E-state index in [1.165, 1.54) is 5.56 Å². The largest absolute Gasteiger partial charge is 0.354 e. The molecule has 6 nitrogen and oxygen atoms in total. The quantitative estimate of drug-likeness (QED) is 0.376. The molecule has 0 atom stereocenters. The van der Waals surface area contributed by atoms with Crippen LogP contribution in [0.15, 0.2) is 23.3 Å². The summed E-state index contributed by atoms with van der Waals surface area (Å²) >= 11 is 2.04. The van der Waals surface area contributed by atoms with Gasteiger partial charge >= 0.3 is 0 Å². The highest BCUT2D eigenvalue weighted by molar-refractivity contribution is 14.0. The van der Waals surface area contributed by atoms with Crippen LogP contribution in [-0.4, -0.2) is 84.1 Å². The van der Waals surface area contributed by atoms with Crippen LogP contribution in [0.2, 0.25) is 0 Å². The summed E-state index contributed by atoms with van der Waals surface area (Å²) in [5.41, 5.74) is 1.19. The van der Waals surface area contributed by atoms with E-state index in [0.29, 0.717) is 0 Å². The maximum absolute atomic E-state index is 4.70. The summed E-state index contributed by atoms with van der Waals surface area (Å²) in [5, 5.41) is 3.51. The number of pyridine rings is 1. The summed E-state index contributed by atoms with van der Waals surface area (Å²) in [6.07, 6.45) is 2.00. The van der Waals surface area contributed by atoms with Gasteiger partial charge < -0.3 is 20.0 Å². The van der Waals surface area contributed by atoms with Gasteiger partial charge in [0.1, 0.15) is 5.82 Å². The number of hydrogen-bond donors (Lipinski definition) is 1. The summed E-state index contributed by atoms with van der Waals surface area (Å²) in [7, 11) is 1.87. The number of aliphatic imine (C=N–C) groups is 1. The van der Waals surface area contributed by atoms with Crippen LogP contribution in [0.5, 0.6) is 0 Å². The normalized spacial score (nSPS) is 20.6. The van der Waals surface area contributed by atoms with Crippen molar-refractivity contribution >= 4 is 47.5 Å². The first-order valence-corrected chi connectivity index (χ1v) is 11.0. The van der Waals surface area contributed by atoms with Gasteiger partial charge in [0.15, 0.2) is 5.96 Å². The molecule has 2 aliphatic rings. The van der Waals surface area contributed by atoms with Gasteiger partial charge in [0.05, 0.1) is 0 Å². The Hall–Kier alpha value is -0.740. The predicted molar refractivity (Wildman–Crippen MR) is 132 cm³/mol. The average molecular weight is 519 g/mol. The fourth-order valence-corrected chi connectivity index (χ4v) is 4.82. The molecule has 1 N–H and O–H groups in total. The first kappa shape index (κ1) is 23.5. The lowest BCUT2D eigenvalue weighted by atomic mass is 10.2. The van der Waals surface area contributed by atoms with Gasteiger partial charge in [0, 0.05) is 69.6 Å². The van der Waals surface area contributed by atoms with Crippen LogP contribution >= 0.6 is 35.7 Å². The van der Waals surface area contributed by atoms with E-state index in [4.69, 9.17) is 4.98 Å². The molecule has 0 aliphatic carbocycles. The minimum atomic E-state index is 0. The molecule has 0 amide bonds. The van der Waals surface area contributed by atoms with Crippen molar-refractivity contribution < 1.29 is 0 Å². The van der Waals surface area contributed by atoms with Gasteiger partial charge in [0.25, 0.3) is 0 Å². The predicted octanol–water partition coefficient (Wildman–Crippen LogP) is 2.74. The highest BCUT2D eigenvalue weighted by atomic mass is 127. The van der Waals surface area contributed by atoms with Crippen LogP contribution in [0.3, 0.4) is 0 Å². The first-order valence-electron chi connectivity index (χ1n) is 10.0. The molecule has 0 spiro atoms. The van der Waals surface area contributed by atoms with Crippen LogP contribution < -0.4 is 10.2 Å². The molecule has 0 aromatic carbocycles. The number of nitrogens with one attached hydrogen (secondary N) is 1. The highest BCUT2D eigenvalue weighted by Crippen LogP contribution is 2.29. The third kappa shape index (κ3) is 6.38. The Morgan fingerprint density at radius 3 is 2.54 bits per heavy atom. The molecular formula is C20H35IN6S. The maximum atomic E-state index is 4.70. The van der Waals surface area contributed by atoms with Gasteiger partial charge in [-0.1, -0.05) is 13.0 Å². The summed E-state index contributed by atoms with van der Waals surface area (Å²) in [5.74, 6) is 3.23. The molecular weight excluding hydrogens is 483 g/mol. The Kier molecular flexibility index (Phi) is 9.14. The topological polar surface area (TPSA) is 47.0 Å². The lowest BCUT2D eigenvalue weighted by Gasteiger charge is -2.39. The van der Waals surface area contributed by atoms with Crippen molar-refractivity contribution in [3.05, 3.63) is 23.9 Å². The number of hydrogen-bond acceptors (Lipinski definition) is 5. The van der Waals surface area contributed by atoms with Gasteiger partial charge in [0.2, 0.25) is 0 Å². The van der Waals surface area contributed by atoms with E-state index in [-0.39, 0.29) is 28.7 Å². The van der Waals surface area contributed by atoms with Crippen molar-refractivity contribution in [2.75, 3.05) is 63.5 Å². The second kappa shape index (κ2) is 10.9. The zero-order chi connectivity index (χ0) is 19.3. The molecule has 3 heterocycles. The summed E-state index contributed by atoms with van der Waals surface area (Å²) in [6, 6.07) is 4.34. The number of guanidine groups is 1. The van der Waals surface area contributed by atoms with Crippen molar-refractivity contribution in [3.8, 4) is 0 Å². The third-order valence-electron chi connectivity index (χ3n) is 5.34. The molecule has 8 heteroatoms. The van der Waals surface area contributed by atoms with Crippen LogP contribution in [0, 0.1) is 0 Å². The van der Waals surface area contributed by atoms with Crippen LogP contribution in [0.4, 0.5) is 5.82 Å². The third-order valence-corrected chi connectivity index (χ3v) is 6.64. The maximum Gasteiger partial charge on any atom is 0.193 e. The number of nitrogens with zero attached hydrogens (tertiary/aromatic N) is 5. The van der Waals surface area contributed by atoms with E-state index >= 15 is 0 Å². The van der Waals surface area contributed by atoms with Crippen molar-refractivity contribution in [2.24, 2.45) is 4.99 Å². The van der Waals surface area contributed by atoms with Gasteiger partial charge in [-0.3, -0.25) is 4.99 Å². The van der Waals surface area contributed by atoms with Crippen molar-refractivity contribution in [3.63, 3.8) is 0 Å². The van der Waals surface area contributed by atoms with Crippen LogP contribution in [-0.2, 0) is 6.54 Å². The number of likely N-dealkylation sites (N-methyl/N-ethyl adjacent to an activating group) is 1. The minimum Gasteiger partial charge on any atom is -0.354 e. The molecule has 0 radical (unpaired) electrons. The smallest absolute Gasteiger partial charge is 0.193 e. The van der Waals surface area contributed by atoms with Gasteiger partial charge in [-0.2, -0.15) is 11.8 Å². The average Bonchev–Trinajstić information content (AvgIpc) is 2.68. The fourth-order valence-electron chi connectivity index (χ4n) is 3.71. The van der Waals surface area contributed by atoms with E-state index in [1.54, 1.807) is 0 Å². The highest BCUT2D eigenvalue weighted by Gasteiger charge is 2.28. The zero-order valence-corrected chi connectivity index (χ0v) is 20.8. The molecule has 2 aliphatic heterocycles. The van der Waals surface area contributed by atoms with Crippen LogP contribution in [0.25, 0.3) is 0 Å². The van der Waals surface area contributed by atoms with Gasteiger partial charge in [-0.25, -0.2) is 4.98 Å². The summed E-state index contributed by atoms with van der Waals surface area (Å²) < 4.78 is 0.279. The molecule has 1 aromatic heterocycles. The Balaban J connectivity index is 0.00000280. The zero-order valence-electron chi connectivity index (χ0n) is 17.6. The molecule has 0 bridgehead atoms. The van der Waals surface area contributed by atoms with E-state index in [0.717, 1.165) is 69.9 Å². The van der Waals surface area contributed by atoms with Crippen molar-refractivity contribution in [2.45, 2.75) is 32.1 Å². The van der Waals surface area contributed by atoms with E-state index < -0.39 is 0 Å². The Morgan fingerprint density at radius 1 is 1.21 bits per heavy atom. The number of aromatic nitrogens is 1. The van der Waals surface area contributed by atoms with Gasteiger partial charge in [-0.05, 0) is 32.0 Å². The molecule has 0 unspecified atom stereocenters. The number of rotatable bonds is 4. The Labute approximate surface area is 191 Å².